The smallest absolute Gasteiger partial charge is 0.227 e. The highest BCUT2D eigenvalue weighted by atomic mass is 16.5. The highest BCUT2D eigenvalue weighted by molar-refractivity contribution is 5.77. The Bertz CT molecular complexity index is 618. The second-order valence-corrected chi connectivity index (χ2v) is 6.07. The first-order valence-corrected chi connectivity index (χ1v) is 7.90. The molecular formula is C16H22N4O2. The average molecular weight is 302 g/mol. The Balaban J connectivity index is 1.59. The minimum absolute atomic E-state index is 0.154. The van der Waals surface area contributed by atoms with Gasteiger partial charge in [-0.25, -0.2) is 0 Å². The molecule has 6 nitrogen and oxygen atoms in total. The molecular weight excluding hydrogens is 280 g/mol. The number of nitrogens with one attached hydrogen (secondary N) is 1. The van der Waals surface area contributed by atoms with Gasteiger partial charge in [0, 0.05) is 37.2 Å². The molecule has 3 rings (SSSR count). The highest BCUT2D eigenvalue weighted by Gasteiger charge is 2.30. The van der Waals surface area contributed by atoms with Gasteiger partial charge in [0.1, 0.15) is 0 Å². The van der Waals surface area contributed by atoms with Gasteiger partial charge in [0.15, 0.2) is 5.82 Å². The Kier molecular flexibility index (Phi) is 4.27. The standard InChI is InChI=1S/C16H22N4O2/c1-11(2)16-18-14(22-19-16)7-8-15(21)20-10-4-6-13(20)12-5-3-9-17-12/h3,5,9,11,13,17H,4,6-8,10H2,1-2H3/t13-/m0/s1. The number of aryl methyl sites for hydroxylation is 1. The monoisotopic (exact) mass is 302 g/mol. The summed E-state index contributed by atoms with van der Waals surface area (Å²) in [5, 5.41) is 3.93. The van der Waals surface area contributed by atoms with Crippen molar-refractivity contribution in [1.29, 1.82) is 0 Å². The van der Waals surface area contributed by atoms with Crippen LogP contribution in [0.15, 0.2) is 22.9 Å². The summed E-state index contributed by atoms with van der Waals surface area (Å²) >= 11 is 0. The third-order valence-corrected chi connectivity index (χ3v) is 4.11. The van der Waals surface area contributed by atoms with Crippen LogP contribution in [0.3, 0.4) is 0 Å². The first kappa shape index (κ1) is 14.8. The molecule has 0 spiro atoms. The average Bonchev–Trinajstić information content (AvgIpc) is 3.23. The highest BCUT2D eigenvalue weighted by Crippen LogP contribution is 2.31. The third kappa shape index (κ3) is 3.05. The van der Waals surface area contributed by atoms with Crippen molar-refractivity contribution in [3.8, 4) is 0 Å². The van der Waals surface area contributed by atoms with Gasteiger partial charge in [-0.3, -0.25) is 4.79 Å². The summed E-state index contributed by atoms with van der Waals surface area (Å²) in [6.45, 7) is 4.86. The maximum absolute atomic E-state index is 12.5. The molecule has 22 heavy (non-hydrogen) atoms. The molecule has 2 aromatic heterocycles. The number of likely N-dealkylation sites (tertiary alicyclic amines) is 1. The lowest BCUT2D eigenvalue weighted by Crippen LogP contribution is -2.30. The van der Waals surface area contributed by atoms with Crippen LogP contribution in [0.5, 0.6) is 0 Å². The van der Waals surface area contributed by atoms with Gasteiger partial charge >= 0.3 is 0 Å². The van der Waals surface area contributed by atoms with E-state index in [-0.39, 0.29) is 17.9 Å². The van der Waals surface area contributed by atoms with Crippen molar-refractivity contribution >= 4 is 5.91 Å². The van der Waals surface area contributed by atoms with Crippen molar-refractivity contribution in [3.63, 3.8) is 0 Å². The largest absolute Gasteiger partial charge is 0.363 e. The number of hydrogen-bond acceptors (Lipinski definition) is 4. The summed E-state index contributed by atoms with van der Waals surface area (Å²) in [4.78, 5) is 22.0. The number of carbonyl (C=O) groups is 1. The summed E-state index contributed by atoms with van der Waals surface area (Å²) in [7, 11) is 0. The van der Waals surface area contributed by atoms with Gasteiger partial charge in [0.05, 0.1) is 6.04 Å². The molecule has 0 saturated carbocycles. The van der Waals surface area contributed by atoms with E-state index in [1.54, 1.807) is 0 Å². The fraction of sp³-hybridized carbons (Fsp3) is 0.562. The maximum Gasteiger partial charge on any atom is 0.227 e. The van der Waals surface area contributed by atoms with Crippen LogP contribution in [0.1, 0.15) is 62.5 Å². The summed E-state index contributed by atoms with van der Waals surface area (Å²) < 4.78 is 5.20. The van der Waals surface area contributed by atoms with Crippen molar-refractivity contribution in [2.75, 3.05) is 6.54 Å². The van der Waals surface area contributed by atoms with E-state index in [1.807, 2.05) is 37.1 Å². The maximum atomic E-state index is 12.5. The molecule has 1 aliphatic rings. The zero-order valence-electron chi connectivity index (χ0n) is 13.1. The molecule has 0 unspecified atom stereocenters. The van der Waals surface area contributed by atoms with Crippen LogP contribution < -0.4 is 0 Å². The van der Waals surface area contributed by atoms with E-state index in [0.29, 0.717) is 24.6 Å². The molecule has 1 saturated heterocycles. The lowest BCUT2D eigenvalue weighted by Gasteiger charge is -2.23. The predicted molar refractivity (Wildman–Crippen MR) is 81.2 cm³/mol. The van der Waals surface area contributed by atoms with E-state index in [9.17, 15) is 4.79 Å². The number of amides is 1. The lowest BCUT2D eigenvalue weighted by molar-refractivity contribution is -0.132. The molecule has 3 heterocycles. The van der Waals surface area contributed by atoms with Crippen LogP contribution in [-0.2, 0) is 11.2 Å². The number of aromatic amines is 1. The van der Waals surface area contributed by atoms with Crippen molar-refractivity contribution in [1.82, 2.24) is 20.0 Å². The number of nitrogens with zero attached hydrogens (tertiary/aromatic N) is 3. The molecule has 118 valence electrons. The number of carbonyl (C=O) groups excluding carboxylic acids is 1. The molecule has 1 amide bonds. The predicted octanol–water partition coefficient (Wildman–Crippen LogP) is 2.82. The Labute approximate surface area is 129 Å². The summed E-state index contributed by atoms with van der Waals surface area (Å²) in [6, 6.07) is 4.20. The quantitative estimate of drug-likeness (QED) is 0.921. The van der Waals surface area contributed by atoms with Crippen LogP contribution in [0.2, 0.25) is 0 Å². The van der Waals surface area contributed by atoms with Gasteiger partial charge in [-0.05, 0) is 25.0 Å². The van der Waals surface area contributed by atoms with Crippen LogP contribution in [0.25, 0.3) is 0 Å². The van der Waals surface area contributed by atoms with Gasteiger partial charge in [-0.15, -0.1) is 0 Å². The SMILES string of the molecule is CC(C)c1noc(CCC(=O)N2CCC[C@H]2c2ccc[nH]2)n1. The number of H-pyrrole nitrogens is 1. The molecule has 1 fully saturated rings. The zero-order chi connectivity index (χ0) is 15.5. The number of aromatic nitrogens is 3. The second kappa shape index (κ2) is 6.34. The van der Waals surface area contributed by atoms with Crippen molar-refractivity contribution in [2.45, 2.75) is 51.5 Å². The molecule has 0 aromatic carbocycles. The zero-order valence-corrected chi connectivity index (χ0v) is 13.1. The van der Waals surface area contributed by atoms with Gasteiger partial charge in [0.25, 0.3) is 0 Å². The van der Waals surface area contributed by atoms with Crippen molar-refractivity contribution < 1.29 is 9.32 Å². The van der Waals surface area contributed by atoms with E-state index in [4.69, 9.17) is 4.52 Å². The molecule has 0 aliphatic carbocycles. The van der Waals surface area contributed by atoms with E-state index in [0.717, 1.165) is 25.1 Å². The van der Waals surface area contributed by atoms with E-state index in [1.165, 1.54) is 0 Å². The minimum atomic E-state index is 0.154. The normalized spacial score (nSPS) is 18.3. The Morgan fingerprint density at radius 2 is 2.41 bits per heavy atom. The first-order chi connectivity index (χ1) is 10.6. The van der Waals surface area contributed by atoms with E-state index >= 15 is 0 Å². The first-order valence-electron chi connectivity index (χ1n) is 7.90. The number of rotatable bonds is 5. The minimum Gasteiger partial charge on any atom is -0.363 e. The fourth-order valence-electron chi connectivity index (χ4n) is 2.90. The van der Waals surface area contributed by atoms with Crippen LogP contribution >= 0.6 is 0 Å². The van der Waals surface area contributed by atoms with Crippen molar-refractivity contribution in [3.05, 3.63) is 35.7 Å². The van der Waals surface area contributed by atoms with Gasteiger partial charge in [0.2, 0.25) is 11.8 Å². The fourth-order valence-corrected chi connectivity index (χ4v) is 2.90. The molecule has 1 aliphatic heterocycles. The Morgan fingerprint density at radius 1 is 1.55 bits per heavy atom. The molecule has 6 heteroatoms. The van der Waals surface area contributed by atoms with Crippen LogP contribution in [-0.4, -0.2) is 32.5 Å². The number of hydrogen-bond donors (Lipinski definition) is 1. The third-order valence-electron chi connectivity index (χ3n) is 4.11. The molecule has 1 N–H and O–H groups in total. The van der Waals surface area contributed by atoms with Gasteiger partial charge < -0.3 is 14.4 Å². The molecule has 0 radical (unpaired) electrons. The van der Waals surface area contributed by atoms with Crippen LogP contribution in [0.4, 0.5) is 0 Å². The van der Waals surface area contributed by atoms with Crippen molar-refractivity contribution in [2.24, 2.45) is 0 Å². The van der Waals surface area contributed by atoms with Gasteiger partial charge in [-0.2, -0.15) is 4.98 Å². The van der Waals surface area contributed by atoms with Gasteiger partial charge in [-0.1, -0.05) is 19.0 Å². The molecule has 2 aromatic rings. The summed E-state index contributed by atoms with van der Waals surface area (Å²) in [6.07, 6.45) is 4.89. The van der Waals surface area contributed by atoms with E-state index in [2.05, 4.69) is 15.1 Å². The topological polar surface area (TPSA) is 75.0 Å². The van der Waals surface area contributed by atoms with Crippen LogP contribution in [0, 0.1) is 0 Å². The summed E-state index contributed by atoms with van der Waals surface area (Å²) in [5.41, 5.74) is 1.12. The molecule has 1 atom stereocenters. The lowest BCUT2D eigenvalue weighted by atomic mass is 10.1. The second-order valence-electron chi connectivity index (χ2n) is 6.07. The Morgan fingerprint density at radius 3 is 3.09 bits per heavy atom. The summed E-state index contributed by atoms with van der Waals surface area (Å²) in [5.74, 6) is 1.64. The van der Waals surface area contributed by atoms with E-state index < -0.39 is 0 Å². The Hall–Kier alpha value is -2.11. The molecule has 0 bridgehead atoms.